The molecule has 0 saturated carbocycles. The molecule has 2 aromatic carbocycles. The molecule has 0 spiro atoms. The summed E-state index contributed by atoms with van der Waals surface area (Å²) in [5.41, 5.74) is 1.69. The maximum Gasteiger partial charge on any atom is 0.154 e. The van der Waals surface area contributed by atoms with Crippen LogP contribution in [-0.4, -0.2) is 25.9 Å². The van der Waals surface area contributed by atoms with Crippen LogP contribution in [0.4, 0.5) is 10.1 Å². The minimum atomic E-state index is -0.280. The van der Waals surface area contributed by atoms with Gasteiger partial charge in [-0.3, -0.25) is 0 Å². The van der Waals surface area contributed by atoms with Crippen LogP contribution in [-0.2, 0) is 4.79 Å². The minimum absolute atomic E-state index is 0.167. The molecule has 1 fully saturated rings. The van der Waals surface area contributed by atoms with Gasteiger partial charge in [0.05, 0.1) is 11.7 Å². The van der Waals surface area contributed by atoms with Crippen molar-refractivity contribution in [3.05, 3.63) is 53.3 Å². The van der Waals surface area contributed by atoms with Crippen molar-refractivity contribution in [1.29, 1.82) is 0 Å². The van der Waals surface area contributed by atoms with Crippen molar-refractivity contribution in [3.63, 3.8) is 0 Å². The second kappa shape index (κ2) is 8.65. The lowest BCUT2D eigenvalue weighted by molar-refractivity contribution is -0.109. The maximum absolute atomic E-state index is 14.0. The second-order valence-electron chi connectivity index (χ2n) is 5.24. The van der Waals surface area contributed by atoms with Gasteiger partial charge in [-0.2, -0.15) is 0 Å². The third-order valence-corrected chi connectivity index (χ3v) is 4.02. The first kappa shape index (κ1) is 17.4. The van der Waals surface area contributed by atoms with Gasteiger partial charge in [-0.15, -0.1) is 0 Å². The Morgan fingerprint density at radius 2 is 1.96 bits per heavy atom. The molecule has 1 atom stereocenters. The topological polar surface area (TPSA) is 41.1 Å². The molecule has 0 amide bonds. The first-order valence-corrected chi connectivity index (χ1v) is 7.95. The van der Waals surface area contributed by atoms with Gasteiger partial charge in [-0.1, -0.05) is 41.9 Å². The predicted octanol–water partition coefficient (Wildman–Crippen LogP) is 4.13. The Morgan fingerprint density at radius 1 is 1.22 bits per heavy atom. The third kappa shape index (κ3) is 4.53. The largest absolute Gasteiger partial charge is 0.386 e. The number of benzene rings is 2. The number of nitrogens with one attached hydrogen (secondary N) is 2. The Morgan fingerprint density at radius 3 is 2.52 bits per heavy atom. The van der Waals surface area contributed by atoms with Crippen molar-refractivity contribution in [2.45, 2.75) is 18.9 Å². The lowest BCUT2D eigenvalue weighted by Gasteiger charge is -2.09. The molecular formula is C18H20ClFN2O. The van der Waals surface area contributed by atoms with E-state index in [0.717, 1.165) is 25.7 Å². The molecule has 1 heterocycles. The van der Waals surface area contributed by atoms with Gasteiger partial charge in [0.15, 0.2) is 5.82 Å². The van der Waals surface area contributed by atoms with Gasteiger partial charge in [-0.05, 0) is 31.5 Å². The average Bonchev–Trinajstić information content (AvgIpc) is 3.10. The minimum Gasteiger partial charge on any atom is -0.386 e. The molecule has 3 rings (SSSR count). The van der Waals surface area contributed by atoms with E-state index in [0.29, 0.717) is 21.8 Å². The number of anilines is 1. The highest BCUT2D eigenvalue weighted by Gasteiger charge is 2.11. The van der Waals surface area contributed by atoms with Gasteiger partial charge in [0.1, 0.15) is 6.29 Å². The van der Waals surface area contributed by atoms with Crippen LogP contribution in [0.5, 0.6) is 0 Å². The molecule has 0 aliphatic carbocycles. The van der Waals surface area contributed by atoms with Crippen LogP contribution in [0, 0.1) is 5.82 Å². The van der Waals surface area contributed by atoms with Gasteiger partial charge in [0.2, 0.25) is 0 Å². The Balaban J connectivity index is 0.000000229. The molecule has 0 radical (unpaired) electrons. The van der Waals surface area contributed by atoms with Crippen LogP contribution in [0.1, 0.15) is 12.8 Å². The average molecular weight is 335 g/mol. The number of carbonyl (C=O) groups excluding carboxylic acids is 1. The summed E-state index contributed by atoms with van der Waals surface area (Å²) in [5.74, 6) is -0.280. The summed E-state index contributed by atoms with van der Waals surface area (Å²) < 4.78 is 14.0. The van der Waals surface area contributed by atoms with Gasteiger partial charge in [-0.25, -0.2) is 4.39 Å². The van der Waals surface area contributed by atoms with Crippen LogP contribution >= 0.6 is 11.6 Å². The van der Waals surface area contributed by atoms with Gasteiger partial charge in [0.25, 0.3) is 0 Å². The molecule has 0 bridgehead atoms. The summed E-state index contributed by atoms with van der Waals surface area (Å²) >= 11 is 6.04. The Kier molecular flexibility index (Phi) is 6.56. The zero-order valence-corrected chi connectivity index (χ0v) is 13.7. The molecular weight excluding hydrogens is 315 g/mol. The summed E-state index contributed by atoms with van der Waals surface area (Å²) in [6, 6.07) is 12.6. The lowest BCUT2D eigenvalue weighted by atomic mass is 10.0. The van der Waals surface area contributed by atoms with Crippen LogP contribution in [0.3, 0.4) is 0 Å². The third-order valence-electron chi connectivity index (χ3n) is 3.69. The molecule has 2 N–H and O–H groups in total. The van der Waals surface area contributed by atoms with Crippen molar-refractivity contribution in [2.75, 3.05) is 18.9 Å². The SMILES string of the molecule is CNc1cccc(-c2ccccc2Cl)c1F.O=CC1CCCN1. The van der Waals surface area contributed by atoms with Crippen molar-refractivity contribution >= 4 is 23.6 Å². The zero-order valence-electron chi connectivity index (χ0n) is 13.0. The molecule has 122 valence electrons. The van der Waals surface area contributed by atoms with Crippen LogP contribution in [0.15, 0.2) is 42.5 Å². The van der Waals surface area contributed by atoms with E-state index < -0.39 is 0 Å². The van der Waals surface area contributed by atoms with Crippen molar-refractivity contribution in [2.24, 2.45) is 0 Å². The van der Waals surface area contributed by atoms with Crippen molar-refractivity contribution in [1.82, 2.24) is 5.32 Å². The fourth-order valence-electron chi connectivity index (χ4n) is 2.44. The van der Waals surface area contributed by atoms with Gasteiger partial charge < -0.3 is 15.4 Å². The first-order valence-electron chi connectivity index (χ1n) is 7.57. The highest BCUT2D eigenvalue weighted by atomic mass is 35.5. The highest BCUT2D eigenvalue weighted by Crippen LogP contribution is 2.32. The number of hydrogen-bond donors (Lipinski definition) is 2. The fourth-order valence-corrected chi connectivity index (χ4v) is 2.68. The summed E-state index contributed by atoms with van der Waals surface area (Å²) in [6.45, 7) is 1.02. The molecule has 5 heteroatoms. The van der Waals surface area contributed by atoms with Gasteiger partial charge in [0, 0.05) is 23.2 Å². The fraction of sp³-hybridized carbons (Fsp3) is 0.278. The van der Waals surface area contributed by atoms with E-state index in [2.05, 4.69) is 10.6 Å². The predicted molar refractivity (Wildman–Crippen MR) is 93.5 cm³/mol. The van der Waals surface area contributed by atoms with Crippen molar-refractivity contribution in [3.8, 4) is 11.1 Å². The van der Waals surface area contributed by atoms with E-state index >= 15 is 0 Å². The Bertz CT molecular complexity index is 657. The molecule has 1 unspecified atom stereocenters. The summed E-state index contributed by atoms with van der Waals surface area (Å²) in [4.78, 5) is 9.94. The molecule has 1 aliphatic rings. The standard InChI is InChI=1S/C13H11ClFN.C5H9NO/c1-16-12-8-4-6-10(13(12)15)9-5-2-3-7-11(9)14;7-4-5-2-1-3-6-5/h2-8,16H,1H3;4-6H,1-3H2. The van der Waals surface area contributed by atoms with E-state index in [4.69, 9.17) is 11.6 Å². The summed E-state index contributed by atoms with van der Waals surface area (Å²) in [5, 5.41) is 6.40. The molecule has 23 heavy (non-hydrogen) atoms. The molecule has 1 aliphatic heterocycles. The monoisotopic (exact) mass is 334 g/mol. The van der Waals surface area contributed by atoms with Crippen molar-refractivity contribution < 1.29 is 9.18 Å². The first-order chi connectivity index (χ1) is 11.2. The number of halogens is 2. The summed E-state index contributed by atoms with van der Waals surface area (Å²) in [6.07, 6.45) is 3.17. The molecule has 0 aromatic heterocycles. The smallest absolute Gasteiger partial charge is 0.154 e. The van der Waals surface area contributed by atoms with E-state index in [1.54, 1.807) is 37.4 Å². The maximum atomic E-state index is 14.0. The molecule has 2 aromatic rings. The number of carbonyl (C=O) groups is 1. The molecule has 3 nitrogen and oxygen atoms in total. The quantitative estimate of drug-likeness (QED) is 0.829. The number of rotatable bonds is 3. The highest BCUT2D eigenvalue weighted by molar-refractivity contribution is 6.33. The number of hydrogen-bond acceptors (Lipinski definition) is 3. The van der Waals surface area contributed by atoms with Crippen LogP contribution in [0.25, 0.3) is 11.1 Å². The van der Waals surface area contributed by atoms with Crippen LogP contribution < -0.4 is 10.6 Å². The van der Waals surface area contributed by atoms with E-state index in [1.165, 1.54) is 0 Å². The normalized spacial score (nSPS) is 16.4. The molecule has 1 saturated heterocycles. The van der Waals surface area contributed by atoms with E-state index in [-0.39, 0.29) is 11.9 Å². The van der Waals surface area contributed by atoms with Crippen LogP contribution in [0.2, 0.25) is 5.02 Å². The van der Waals surface area contributed by atoms with E-state index in [9.17, 15) is 9.18 Å². The van der Waals surface area contributed by atoms with Gasteiger partial charge >= 0.3 is 0 Å². The Hall–Kier alpha value is -1.91. The lowest BCUT2D eigenvalue weighted by Crippen LogP contribution is -2.21. The number of aldehydes is 1. The zero-order chi connectivity index (χ0) is 16.7. The van der Waals surface area contributed by atoms with E-state index in [1.807, 2.05) is 12.1 Å². The Labute approximate surface area is 140 Å². The summed E-state index contributed by atoms with van der Waals surface area (Å²) in [7, 11) is 1.69. The second-order valence-corrected chi connectivity index (χ2v) is 5.64.